The van der Waals surface area contributed by atoms with Crippen molar-refractivity contribution in [2.24, 2.45) is 0 Å². The molecule has 1 nitrogen and oxygen atoms in total. The molecule has 0 aliphatic carbocycles. The molecule has 0 radical (unpaired) electrons. The zero-order valence-corrected chi connectivity index (χ0v) is 14.4. The SMILES string of the molecule is O=C(Cc1cc(F)ccc1Br)c1cc(Br)c(Br)s1. The minimum Gasteiger partial charge on any atom is -0.293 e. The lowest BCUT2D eigenvalue weighted by atomic mass is 10.1. The molecule has 2 aromatic rings. The molecule has 1 aromatic carbocycles. The van der Waals surface area contributed by atoms with E-state index in [1.165, 1.54) is 23.5 Å². The fourth-order valence-corrected chi connectivity index (χ4v) is 3.78. The number of halogens is 4. The van der Waals surface area contributed by atoms with Gasteiger partial charge < -0.3 is 0 Å². The van der Waals surface area contributed by atoms with Crippen molar-refractivity contribution in [2.75, 3.05) is 0 Å². The number of hydrogen-bond acceptors (Lipinski definition) is 2. The van der Waals surface area contributed by atoms with Crippen molar-refractivity contribution < 1.29 is 9.18 Å². The summed E-state index contributed by atoms with van der Waals surface area (Å²) in [5.74, 6) is -0.368. The quantitative estimate of drug-likeness (QED) is 0.549. The van der Waals surface area contributed by atoms with E-state index < -0.39 is 0 Å². The van der Waals surface area contributed by atoms with Gasteiger partial charge in [0.15, 0.2) is 5.78 Å². The predicted molar refractivity (Wildman–Crippen MR) is 81.9 cm³/mol. The van der Waals surface area contributed by atoms with Crippen molar-refractivity contribution in [1.82, 2.24) is 0 Å². The Morgan fingerprint density at radius 2 is 1.89 bits per heavy atom. The first-order chi connectivity index (χ1) is 8.47. The summed E-state index contributed by atoms with van der Waals surface area (Å²) >= 11 is 11.4. The number of carbonyl (C=O) groups is 1. The van der Waals surface area contributed by atoms with E-state index in [9.17, 15) is 9.18 Å². The summed E-state index contributed by atoms with van der Waals surface area (Å²) in [6.45, 7) is 0. The molecule has 0 N–H and O–H groups in total. The van der Waals surface area contributed by atoms with Gasteiger partial charge in [-0.3, -0.25) is 4.79 Å². The van der Waals surface area contributed by atoms with Gasteiger partial charge in [-0.1, -0.05) is 15.9 Å². The number of benzene rings is 1. The van der Waals surface area contributed by atoms with Crippen molar-refractivity contribution in [2.45, 2.75) is 6.42 Å². The van der Waals surface area contributed by atoms with E-state index in [0.29, 0.717) is 10.4 Å². The molecule has 0 saturated heterocycles. The standard InChI is InChI=1S/C12H6Br3FOS/c13-8-2-1-7(16)3-6(8)4-10(17)11-5-9(14)12(15)18-11/h1-3,5H,4H2. The zero-order chi connectivity index (χ0) is 13.3. The van der Waals surface area contributed by atoms with E-state index in [1.54, 1.807) is 12.1 Å². The van der Waals surface area contributed by atoms with Crippen molar-refractivity contribution >= 4 is 64.9 Å². The number of carbonyl (C=O) groups excluding carboxylic acids is 1. The molecule has 6 heteroatoms. The third-order valence-electron chi connectivity index (χ3n) is 2.28. The number of hydrogen-bond donors (Lipinski definition) is 0. The van der Waals surface area contributed by atoms with Crippen LogP contribution < -0.4 is 0 Å². The molecular weight excluding hydrogens is 451 g/mol. The lowest BCUT2D eigenvalue weighted by molar-refractivity contribution is 0.0996. The fourth-order valence-electron chi connectivity index (χ4n) is 1.42. The van der Waals surface area contributed by atoms with Crippen LogP contribution in [0.5, 0.6) is 0 Å². The maximum Gasteiger partial charge on any atom is 0.177 e. The maximum absolute atomic E-state index is 13.1. The lowest BCUT2D eigenvalue weighted by Gasteiger charge is -2.02. The Bertz CT molecular complexity index is 590. The van der Waals surface area contributed by atoms with Gasteiger partial charge in [0.2, 0.25) is 0 Å². The highest BCUT2D eigenvalue weighted by molar-refractivity contribution is 9.13. The van der Waals surface area contributed by atoms with E-state index in [2.05, 4.69) is 47.8 Å². The third-order valence-corrected chi connectivity index (χ3v) is 6.35. The third kappa shape index (κ3) is 3.29. The number of thiophene rings is 1. The van der Waals surface area contributed by atoms with E-state index in [-0.39, 0.29) is 18.0 Å². The van der Waals surface area contributed by atoms with Gasteiger partial charge in [-0.05, 0) is 61.7 Å². The zero-order valence-electron chi connectivity index (χ0n) is 8.84. The van der Waals surface area contributed by atoms with E-state index >= 15 is 0 Å². The van der Waals surface area contributed by atoms with Gasteiger partial charge in [-0.25, -0.2) is 4.39 Å². The average Bonchev–Trinajstić information content (AvgIpc) is 2.64. The minimum atomic E-state index is -0.338. The Balaban J connectivity index is 2.23. The van der Waals surface area contributed by atoms with Crippen molar-refractivity contribution in [3.8, 4) is 0 Å². The monoisotopic (exact) mass is 454 g/mol. The molecule has 0 saturated carbocycles. The molecule has 0 aliphatic heterocycles. The van der Waals surface area contributed by atoms with Gasteiger partial charge >= 0.3 is 0 Å². The first-order valence-electron chi connectivity index (χ1n) is 4.89. The van der Waals surface area contributed by atoms with Crippen LogP contribution in [0.25, 0.3) is 0 Å². The minimum absolute atomic E-state index is 0.0299. The van der Waals surface area contributed by atoms with Gasteiger partial charge in [-0.15, -0.1) is 11.3 Å². The Morgan fingerprint density at radius 3 is 2.50 bits per heavy atom. The molecule has 1 heterocycles. The van der Waals surface area contributed by atoms with Gasteiger partial charge in [0.1, 0.15) is 5.82 Å². The molecule has 0 amide bonds. The number of ketones is 1. The van der Waals surface area contributed by atoms with Gasteiger partial charge in [-0.2, -0.15) is 0 Å². The second-order valence-electron chi connectivity index (χ2n) is 3.57. The van der Waals surface area contributed by atoms with E-state index in [1.807, 2.05) is 0 Å². The van der Waals surface area contributed by atoms with Crippen LogP contribution in [0.1, 0.15) is 15.2 Å². The van der Waals surface area contributed by atoms with E-state index in [4.69, 9.17) is 0 Å². The van der Waals surface area contributed by atoms with Crippen LogP contribution in [0.15, 0.2) is 37.0 Å². The largest absolute Gasteiger partial charge is 0.293 e. The number of Topliss-reactive ketones (excluding diaryl/α,β-unsaturated/α-hetero) is 1. The second kappa shape index (κ2) is 5.94. The second-order valence-corrected chi connectivity index (χ2v) is 7.65. The van der Waals surface area contributed by atoms with Crippen LogP contribution in [0.4, 0.5) is 4.39 Å². The van der Waals surface area contributed by atoms with Crippen molar-refractivity contribution in [3.05, 3.63) is 53.3 Å². The molecule has 0 unspecified atom stereocenters. The summed E-state index contributed by atoms with van der Waals surface area (Å²) in [7, 11) is 0. The highest BCUT2D eigenvalue weighted by atomic mass is 79.9. The van der Waals surface area contributed by atoms with Crippen molar-refractivity contribution in [1.29, 1.82) is 0 Å². The van der Waals surface area contributed by atoms with Gasteiger partial charge in [0.25, 0.3) is 0 Å². The van der Waals surface area contributed by atoms with Gasteiger partial charge in [0, 0.05) is 15.4 Å². The molecule has 0 atom stereocenters. The molecule has 0 spiro atoms. The van der Waals surface area contributed by atoms with Crippen LogP contribution in [-0.4, -0.2) is 5.78 Å². The Kier molecular flexibility index (Phi) is 4.75. The molecular formula is C12H6Br3FOS. The molecule has 0 bridgehead atoms. The summed E-state index contributed by atoms with van der Waals surface area (Å²) in [4.78, 5) is 12.7. The topological polar surface area (TPSA) is 17.1 Å². The van der Waals surface area contributed by atoms with Gasteiger partial charge in [0.05, 0.1) is 8.66 Å². The predicted octanol–water partition coefficient (Wildman–Crippen LogP) is 5.60. The van der Waals surface area contributed by atoms with Crippen LogP contribution in [-0.2, 0) is 6.42 Å². The normalized spacial score (nSPS) is 10.7. The Morgan fingerprint density at radius 1 is 1.17 bits per heavy atom. The lowest BCUT2D eigenvalue weighted by Crippen LogP contribution is -2.02. The Hall–Kier alpha value is -0.0400. The summed E-state index contributed by atoms with van der Waals surface area (Å²) in [5.41, 5.74) is 0.653. The number of rotatable bonds is 3. The van der Waals surface area contributed by atoms with E-state index in [0.717, 1.165) is 12.7 Å². The summed E-state index contributed by atoms with van der Waals surface area (Å²) < 4.78 is 15.6. The summed E-state index contributed by atoms with van der Waals surface area (Å²) in [5, 5.41) is 0. The van der Waals surface area contributed by atoms with Crippen LogP contribution in [0.3, 0.4) is 0 Å². The van der Waals surface area contributed by atoms with Crippen molar-refractivity contribution in [3.63, 3.8) is 0 Å². The van der Waals surface area contributed by atoms with Crippen LogP contribution in [0.2, 0.25) is 0 Å². The molecule has 0 fully saturated rings. The highest BCUT2D eigenvalue weighted by Crippen LogP contribution is 2.33. The first-order valence-corrected chi connectivity index (χ1v) is 8.09. The summed E-state index contributed by atoms with van der Waals surface area (Å²) in [6, 6.07) is 6.11. The molecule has 18 heavy (non-hydrogen) atoms. The fraction of sp³-hybridized carbons (Fsp3) is 0.0833. The first kappa shape index (κ1) is 14.4. The smallest absolute Gasteiger partial charge is 0.177 e. The maximum atomic E-state index is 13.1. The Labute approximate surface area is 133 Å². The molecule has 2 rings (SSSR count). The average molecular weight is 457 g/mol. The van der Waals surface area contributed by atoms with Crippen LogP contribution in [0, 0.1) is 5.82 Å². The highest BCUT2D eigenvalue weighted by Gasteiger charge is 2.14. The molecule has 1 aromatic heterocycles. The summed E-state index contributed by atoms with van der Waals surface area (Å²) in [6.07, 6.45) is 0.178. The molecule has 94 valence electrons. The van der Waals surface area contributed by atoms with Crippen LogP contribution >= 0.6 is 59.1 Å². The molecule has 0 aliphatic rings.